The van der Waals surface area contributed by atoms with Gasteiger partial charge in [0.25, 0.3) is 5.89 Å². The van der Waals surface area contributed by atoms with Gasteiger partial charge in [0.05, 0.1) is 12.2 Å². The molecule has 0 N–H and O–H groups in total. The molecule has 23 heavy (non-hydrogen) atoms. The number of nitriles is 1. The van der Waals surface area contributed by atoms with Gasteiger partial charge >= 0.3 is 0 Å². The van der Waals surface area contributed by atoms with Gasteiger partial charge in [0.2, 0.25) is 0 Å². The van der Waals surface area contributed by atoms with Crippen LogP contribution in [-0.2, 0) is 13.0 Å². The van der Waals surface area contributed by atoms with Crippen molar-refractivity contribution in [1.29, 1.82) is 5.26 Å². The highest BCUT2D eigenvalue weighted by molar-refractivity contribution is 5.54. The first-order chi connectivity index (χ1) is 11.3. The molecule has 0 aliphatic carbocycles. The van der Waals surface area contributed by atoms with E-state index < -0.39 is 0 Å². The number of benzene rings is 2. The molecule has 2 aromatic carbocycles. The van der Waals surface area contributed by atoms with Gasteiger partial charge in [-0.05, 0) is 36.2 Å². The predicted octanol–water partition coefficient (Wildman–Crippen LogP) is 3.79. The molecule has 1 aromatic heterocycles. The molecule has 0 saturated carbocycles. The molecular formula is C18H16N4O. The van der Waals surface area contributed by atoms with Crippen molar-refractivity contribution in [3.05, 3.63) is 66.0 Å². The van der Waals surface area contributed by atoms with Gasteiger partial charge in [-0.2, -0.15) is 10.2 Å². The van der Waals surface area contributed by atoms with Gasteiger partial charge in [0.1, 0.15) is 0 Å². The Morgan fingerprint density at radius 3 is 2.70 bits per heavy atom. The number of aryl methyl sites for hydroxylation is 1. The van der Waals surface area contributed by atoms with E-state index >= 15 is 0 Å². The number of rotatable bonds is 5. The van der Waals surface area contributed by atoms with E-state index in [-0.39, 0.29) is 6.54 Å². The molecule has 0 spiro atoms. The van der Waals surface area contributed by atoms with Crippen LogP contribution in [0.15, 0.2) is 59.1 Å². The van der Waals surface area contributed by atoms with E-state index in [0.29, 0.717) is 11.7 Å². The maximum absolute atomic E-state index is 9.42. The third-order valence-electron chi connectivity index (χ3n) is 3.54. The molecular weight excluding hydrogens is 288 g/mol. The molecule has 5 nitrogen and oxygen atoms in total. The van der Waals surface area contributed by atoms with Gasteiger partial charge < -0.3 is 4.52 Å². The summed E-state index contributed by atoms with van der Waals surface area (Å²) in [6, 6.07) is 17.5. The Hall–Kier alpha value is -3.13. The van der Waals surface area contributed by atoms with Gasteiger partial charge in [-0.15, -0.1) is 0 Å². The summed E-state index contributed by atoms with van der Waals surface area (Å²) in [5, 5.41) is 13.4. The molecule has 0 atom stereocenters. The van der Waals surface area contributed by atoms with E-state index in [1.807, 2.05) is 54.6 Å². The molecule has 0 aliphatic heterocycles. The summed E-state index contributed by atoms with van der Waals surface area (Å²) in [4.78, 5) is 5.92. The number of aromatic nitrogens is 2. The summed E-state index contributed by atoms with van der Waals surface area (Å²) in [6.45, 7) is 2.36. The first-order valence-corrected chi connectivity index (χ1v) is 7.44. The fraction of sp³-hybridized carbons (Fsp3) is 0.167. The van der Waals surface area contributed by atoms with Gasteiger partial charge in [-0.3, -0.25) is 4.90 Å². The second-order valence-corrected chi connectivity index (χ2v) is 5.09. The summed E-state index contributed by atoms with van der Waals surface area (Å²) >= 11 is 0. The predicted molar refractivity (Wildman–Crippen MR) is 87.4 cm³/mol. The zero-order valence-electron chi connectivity index (χ0n) is 12.8. The summed E-state index contributed by atoms with van der Waals surface area (Å²) in [6.07, 6.45) is 3.10. The Labute approximate surface area is 134 Å². The quantitative estimate of drug-likeness (QED) is 0.530. The summed E-state index contributed by atoms with van der Waals surface area (Å²) in [7, 11) is 0. The summed E-state index contributed by atoms with van der Waals surface area (Å²) in [5.74, 6) is 0.938. The average Bonchev–Trinajstić information content (AvgIpc) is 3.09. The molecule has 0 fully saturated rings. The molecule has 0 radical (unpaired) electrons. The van der Waals surface area contributed by atoms with Crippen molar-refractivity contribution in [3.63, 3.8) is 0 Å². The monoisotopic (exact) mass is 304 g/mol. The fourth-order valence-corrected chi connectivity index (χ4v) is 2.29. The smallest absolute Gasteiger partial charge is 0.257 e. The Morgan fingerprint density at radius 2 is 1.96 bits per heavy atom. The third-order valence-corrected chi connectivity index (χ3v) is 3.54. The Bertz CT molecular complexity index is 820. The number of anilines is 1. The Balaban J connectivity index is 1.80. The number of nitrogens with zero attached hydrogens (tertiary/aromatic N) is 4. The molecule has 0 amide bonds. The van der Waals surface area contributed by atoms with Gasteiger partial charge in [0, 0.05) is 5.56 Å². The minimum Gasteiger partial charge on any atom is -0.334 e. The fourth-order valence-electron chi connectivity index (χ4n) is 2.29. The summed E-state index contributed by atoms with van der Waals surface area (Å²) < 4.78 is 5.28. The topological polar surface area (TPSA) is 66.0 Å². The molecule has 5 heteroatoms. The molecule has 0 saturated heterocycles. The van der Waals surface area contributed by atoms with E-state index in [0.717, 1.165) is 17.7 Å². The molecule has 114 valence electrons. The van der Waals surface area contributed by atoms with Crippen molar-refractivity contribution in [2.45, 2.75) is 19.9 Å². The molecule has 0 bridgehead atoms. The van der Waals surface area contributed by atoms with E-state index in [1.54, 1.807) is 4.90 Å². The maximum atomic E-state index is 9.42. The number of hydrogen-bond donors (Lipinski definition) is 0. The molecule has 1 heterocycles. The van der Waals surface area contributed by atoms with E-state index in [2.05, 4.69) is 23.3 Å². The highest BCUT2D eigenvalue weighted by Crippen LogP contribution is 2.20. The van der Waals surface area contributed by atoms with Crippen LogP contribution >= 0.6 is 0 Å². The maximum Gasteiger partial charge on any atom is 0.257 e. The van der Waals surface area contributed by atoms with Crippen molar-refractivity contribution in [2.24, 2.45) is 0 Å². The van der Waals surface area contributed by atoms with Crippen molar-refractivity contribution in [1.82, 2.24) is 10.1 Å². The summed E-state index contributed by atoms with van der Waals surface area (Å²) in [5.41, 5.74) is 2.88. The van der Waals surface area contributed by atoms with Crippen LogP contribution in [0, 0.1) is 11.5 Å². The van der Waals surface area contributed by atoms with Crippen LogP contribution in [0.4, 0.5) is 5.69 Å². The average molecular weight is 304 g/mol. The minimum absolute atomic E-state index is 0.278. The van der Waals surface area contributed by atoms with Crippen molar-refractivity contribution >= 4 is 5.69 Å². The first-order valence-electron chi connectivity index (χ1n) is 7.44. The number of hydrogen-bond acceptors (Lipinski definition) is 5. The highest BCUT2D eigenvalue weighted by Gasteiger charge is 2.13. The minimum atomic E-state index is 0.278. The van der Waals surface area contributed by atoms with Crippen molar-refractivity contribution in [3.8, 4) is 17.6 Å². The van der Waals surface area contributed by atoms with Crippen LogP contribution in [0.2, 0.25) is 0 Å². The zero-order chi connectivity index (χ0) is 16.1. The van der Waals surface area contributed by atoms with Crippen LogP contribution in [0.25, 0.3) is 11.5 Å². The lowest BCUT2D eigenvalue weighted by Crippen LogP contribution is -2.16. The largest absolute Gasteiger partial charge is 0.334 e. The van der Waals surface area contributed by atoms with Crippen LogP contribution in [0.1, 0.15) is 18.3 Å². The van der Waals surface area contributed by atoms with Crippen LogP contribution in [0.5, 0.6) is 0 Å². The highest BCUT2D eigenvalue weighted by atomic mass is 16.5. The Kier molecular flexibility index (Phi) is 4.34. The van der Waals surface area contributed by atoms with Crippen molar-refractivity contribution < 1.29 is 4.52 Å². The van der Waals surface area contributed by atoms with E-state index in [1.165, 1.54) is 5.56 Å². The van der Waals surface area contributed by atoms with Crippen LogP contribution in [-0.4, -0.2) is 10.1 Å². The van der Waals surface area contributed by atoms with Gasteiger partial charge in [-0.1, -0.05) is 42.4 Å². The van der Waals surface area contributed by atoms with Crippen LogP contribution in [0.3, 0.4) is 0 Å². The zero-order valence-corrected chi connectivity index (χ0v) is 12.8. The SMILES string of the molecule is CCc1cccc(N(C#N)Cc2noc(-c3ccccc3)n2)c1. The van der Waals surface area contributed by atoms with Gasteiger partial charge in [-0.25, -0.2) is 0 Å². The van der Waals surface area contributed by atoms with E-state index in [9.17, 15) is 5.26 Å². The second-order valence-electron chi connectivity index (χ2n) is 5.09. The molecule has 0 unspecified atom stereocenters. The van der Waals surface area contributed by atoms with E-state index in [4.69, 9.17) is 4.52 Å². The molecule has 3 aromatic rings. The van der Waals surface area contributed by atoms with Gasteiger partial charge in [0.15, 0.2) is 12.0 Å². The molecule has 0 aliphatic rings. The van der Waals surface area contributed by atoms with Crippen LogP contribution < -0.4 is 4.90 Å². The normalized spacial score (nSPS) is 10.3. The third kappa shape index (κ3) is 3.38. The standard InChI is InChI=1S/C18H16N4O/c1-2-14-7-6-10-16(11-14)22(13-19)12-17-20-18(23-21-17)15-8-4-3-5-9-15/h3-11H,2,12H2,1H3. The molecule has 3 rings (SSSR count). The first kappa shape index (κ1) is 14.8. The lowest BCUT2D eigenvalue weighted by Gasteiger charge is -2.14. The Morgan fingerprint density at radius 1 is 1.13 bits per heavy atom. The van der Waals surface area contributed by atoms with Crippen molar-refractivity contribution in [2.75, 3.05) is 4.90 Å². The lowest BCUT2D eigenvalue weighted by atomic mass is 10.1. The lowest BCUT2D eigenvalue weighted by molar-refractivity contribution is 0.422. The second kappa shape index (κ2) is 6.75.